The molecule has 3 nitrogen and oxygen atoms in total. The first-order chi connectivity index (χ1) is 7.50. The SMILES string of the molecule is Cc1ccc(C)c(C(N)CCCC(=O)O)c1. The fourth-order valence-corrected chi connectivity index (χ4v) is 1.79. The van der Waals surface area contributed by atoms with Crippen molar-refractivity contribution in [3.63, 3.8) is 0 Å². The van der Waals surface area contributed by atoms with Crippen LogP contribution in [0.1, 0.15) is 42.0 Å². The molecule has 88 valence electrons. The molecule has 0 bridgehead atoms. The topological polar surface area (TPSA) is 63.3 Å². The van der Waals surface area contributed by atoms with Gasteiger partial charge in [-0.15, -0.1) is 0 Å². The second-order valence-electron chi connectivity index (χ2n) is 4.25. The molecule has 0 saturated heterocycles. The highest BCUT2D eigenvalue weighted by atomic mass is 16.4. The van der Waals surface area contributed by atoms with E-state index in [9.17, 15) is 4.79 Å². The van der Waals surface area contributed by atoms with E-state index >= 15 is 0 Å². The zero-order valence-corrected chi connectivity index (χ0v) is 9.86. The van der Waals surface area contributed by atoms with Crippen LogP contribution >= 0.6 is 0 Å². The minimum absolute atomic E-state index is 0.0563. The molecule has 1 aromatic rings. The van der Waals surface area contributed by atoms with Gasteiger partial charge in [0.15, 0.2) is 0 Å². The summed E-state index contributed by atoms with van der Waals surface area (Å²) in [5.41, 5.74) is 9.55. The van der Waals surface area contributed by atoms with Gasteiger partial charge in [-0.2, -0.15) is 0 Å². The molecule has 16 heavy (non-hydrogen) atoms. The molecule has 0 heterocycles. The lowest BCUT2D eigenvalue weighted by Gasteiger charge is -2.15. The van der Waals surface area contributed by atoms with Crippen LogP contribution in [0.25, 0.3) is 0 Å². The summed E-state index contributed by atoms with van der Waals surface area (Å²) >= 11 is 0. The number of aryl methyl sites for hydroxylation is 2. The first-order valence-corrected chi connectivity index (χ1v) is 5.55. The van der Waals surface area contributed by atoms with Gasteiger partial charge in [-0.1, -0.05) is 23.8 Å². The molecule has 0 amide bonds. The van der Waals surface area contributed by atoms with Crippen LogP contribution < -0.4 is 5.73 Å². The monoisotopic (exact) mass is 221 g/mol. The standard InChI is InChI=1S/C13H19NO2/c1-9-6-7-10(2)11(8-9)12(14)4-3-5-13(15)16/h6-8,12H,3-5,14H2,1-2H3,(H,15,16). The molecule has 0 spiro atoms. The number of carboxylic acid groups (broad SMARTS) is 1. The normalized spacial score (nSPS) is 12.4. The molecule has 3 N–H and O–H groups in total. The second-order valence-corrected chi connectivity index (χ2v) is 4.25. The lowest BCUT2D eigenvalue weighted by Crippen LogP contribution is -2.12. The fraction of sp³-hybridized carbons (Fsp3) is 0.462. The minimum Gasteiger partial charge on any atom is -0.481 e. The maximum atomic E-state index is 10.4. The smallest absolute Gasteiger partial charge is 0.303 e. The van der Waals surface area contributed by atoms with E-state index in [0.29, 0.717) is 6.42 Å². The molecular weight excluding hydrogens is 202 g/mol. The van der Waals surface area contributed by atoms with Gasteiger partial charge in [-0.3, -0.25) is 4.79 Å². The molecule has 0 aliphatic heterocycles. The van der Waals surface area contributed by atoms with Crippen molar-refractivity contribution in [3.8, 4) is 0 Å². The molecule has 0 aliphatic rings. The third-order valence-corrected chi connectivity index (χ3v) is 2.74. The number of aliphatic carboxylic acids is 1. The van der Waals surface area contributed by atoms with Gasteiger partial charge in [0.25, 0.3) is 0 Å². The lowest BCUT2D eigenvalue weighted by atomic mass is 9.96. The Balaban J connectivity index is 2.61. The minimum atomic E-state index is -0.756. The van der Waals surface area contributed by atoms with Gasteiger partial charge in [0.2, 0.25) is 0 Å². The van der Waals surface area contributed by atoms with E-state index in [2.05, 4.69) is 18.2 Å². The zero-order valence-electron chi connectivity index (χ0n) is 9.86. The van der Waals surface area contributed by atoms with Crippen molar-refractivity contribution in [2.75, 3.05) is 0 Å². The largest absolute Gasteiger partial charge is 0.481 e. The molecule has 1 aromatic carbocycles. The molecule has 0 aliphatic carbocycles. The fourth-order valence-electron chi connectivity index (χ4n) is 1.79. The van der Waals surface area contributed by atoms with Gasteiger partial charge in [0.1, 0.15) is 0 Å². The highest BCUT2D eigenvalue weighted by Gasteiger charge is 2.09. The first-order valence-electron chi connectivity index (χ1n) is 5.55. The molecule has 0 aromatic heterocycles. The van der Waals surface area contributed by atoms with Gasteiger partial charge >= 0.3 is 5.97 Å². The van der Waals surface area contributed by atoms with Crippen LogP contribution in [0.15, 0.2) is 18.2 Å². The van der Waals surface area contributed by atoms with E-state index in [1.165, 1.54) is 11.1 Å². The van der Waals surface area contributed by atoms with E-state index in [0.717, 1.165) is 12.0 Å². The van der Waals surface area contributed by atoms with Crippen LogP contribution in [0.2, 0.25) is 0 Å². The maximum absolute atomic E-state index is 10.4. The quantitative estimate of drug-likeness (QED) is 0.803. The Morgan fingerprint density at radius 1 is 1.44 bits per heavy atom. The summed E-state index contributed by atoms with van der Waals surface area (Å²) in [4.78, 5) is 10.4. The van der Waals surface area contributed by atoms with Crippen molar-refractivity contribution in [2.24, 2.45) is 5.73 Å². The van der Waals surface area contributed by atoms with E-state index in [1.54, 1.807) is 0 Å². The van der Waals surface area contributed by atoms with Crippen molar-refractivity contribution in [1.29, 1.82) is 0 Å². The Bertz CT molecular complexity index is 374. The summed E-state index contributed by atoms with van der Waals surface area (Å²) in [5, 5.41) is 8.55. The average molecular weight is 221 g/mol. The number of hydrogen-bond donors (Lipinski definition) is 2. The molecule has 1 rings (SSSR count). The first kappa shape index (κ1) is 12.7. The molecule has 0 saturated carbocycles. The summed E-state index contributed by atoms with van der Waals surface area (Å²) in [5.74, 6) is -0.756. The van der Waals surface area contributed by atoms with Gasteiger partial charge in [-0.05, 0) is 37.8 Å². The van der Waals surface area contributed by atoms with E-state index in [4.69, 9.17) is 10.8 Å². The van der Waals surface area contributed by atoms with Crippen molar-refractivity contribution >= 4 is 5.97 Å². The highest BCUT2D eigenvalue weighted by molar-refractivity contribution is 5.66. The van der Waals surface area contributed by atoms with Crippen molar-refractivity contribution in [1.82, 2.24) is 0 Å². The van der Waals surface area contributed by atoms with Crippen molar-refractivity contribution in [2.45, 2.75) is 39.2 Å². The average Bonchev–Trinajstić information content (AvgIpc) is 2.21. The van der Waals surface area contributed by atoms with Crippen LogP contribution in [-0.2, 0) is 4.79 Å². The summed E-state index contributed by atoms with van der Waals surface area (Å²) in [6.07, 6.45) is 1.54. The van der Waals surface area contributed by atoms with Crippen LogP contribution in [0, 0.1) is 13.8 Å². The predicted octanol–water partition coefficient (Wildman–Crippen LogP) is 2.56. The maximum Gasteiger partial charge on any atom is 0.303 e. The van der Waals surface area contributed by atoms with Gasteiger partial charge in [0, 0.05) is 12.5 Å². The number of benzene rings is 1. The molecule has 3 heteroatoms. The Kier molecular flexibility index (Phi) is 4.50. The summed E-state index contributed by atoms with van der Waals surface area (Å²) in [7, 11) is 0. The van der Waals surface area contributed by atoms with Crippen LogP contribution in [0.4, 0.5) is 0 Å². The predicted molar refractivity (Wildman–Crippen MR) is 64.3 cm³/mol. The number of carbonyl (C=O) groups is 1. The Labute approximate surface area is 96.3 Å². The van der Waals surface area contributed by atoms with Gasteiger partial charge in [-0.25, -0.2) is 0 Å². The summed E-state index contributed by atoms with van der Waals surface area (Å²) in [6.45, 7) is 4.07. The van der Waals surface area contributed by atoms with Gasteiger partial charge < -0.3 is 10.8 Å². The summed E-state index contributed by atoms with van der Waals surface area (Å²) < 4.78 is 0. The number of rotatable bonds is 5. The third-order valence-electron chi connectivity index (χ3n) is 2.74. The second kappa shape index (κ2) is 5.66. The van der Waals surface area contributed by atoms with Crippen molar-refractivity contribution in [3.05, 3.63) is 34.9 Å². The van der Waals surface area contributed by atoms with Gasteiger partial charge in [0.05, 0.1) is 0 Å². The Morgan fingerprint density at radius 3 is 2.75 bits per heavy atom. The lowest BCUT2D eigenvalue weighted by molar-refractivity contribution is -0.137. The summed E-state index contributed by atoms with van der Waals surface area (Å²) in [6, 6.07) is 6.14. The molecule has 0 fully saturated rings. The van der Waals surface area contributed by atoms with Crippen LogP contribution in [-0.4, -0.2) is 11.1 Å². The van der Waals surface area contributed by atoms with E-state index < -0.39 is 5.97 Å². The third kappa shape index (κ3) is 3.66. The molecule has 1 unspecified atom stereocenters. The molecule has 0 radical (unpaired) electrons. The number of hydrogen-bond acceptors (Lipinski definition) is 2. The zero-order chi connectivity index (χ0) is 12.1. The Hall–Kier alpha value is -1.35. The molecular formula is C13H19NO2. The van der Waals surface area contributed by atoms with E-state index in [-0.39, 0.29) is 12.5 Å². The Morgan fingerprint density at radius 2 is 2.12 bits per heavy atom. The number of carboxylic acids is 1. The van der Waals surface area contributed by atoms with E-state index in [1.807, 2.05) is 13.8 Å². The highest BCUT2D eigenvalue weighted by Crippen LogP contribution is 2.21. The van der Waals surface area contributed by atoms with Crippen molar-refractivity contribution < 1.29 is 9.90 Å². The van der Waals surface area contributed by atoms with Crippen LogP contribution in [0.3, 0.4) is 0 Å². The van der Waals surface area contributed by atoms with Crippen LogP contribution in [0.5, 0.6) is 0 Å². The number of nitrogens with two attached hydrogens (primary N) is 1. The molecule has 1 atom stereocenters.